The van der Waals surface area contributed by atoms with Crippen LogP contribution in [0.1, 0.15) is 16.2 Å². The molecule has 0 spiro atoms. The molecule has 0 radical (unpaired) electrons. The van der Waals surface area contributed by atoms with Crippen LogP contribution >= 0.6 is 31.9 Å². The first-order chi connectivity index (χ1) is 7.20. The van der Waals surface area contributed by atoms with Gasteiger partial charge < -0.3 is 4.42 Å². The van der Waals surface area contributed by atoms with Crippen molar-refractivity contribution in [3.05, 3.63) is 51.1 Å². The lowest BCUT2D eigenvalue weighted by atomic mass is 10.2. The largest absolute Gasteiger partial charge is 0.460 e. The van der Waals surface area contributed by atoms with Crippen molar-refractivity contribution in [3.8, 4) is 0 Å². The minimum atomic E-state index is -0.251. The summed E-state index contributed by atoms with van der Waals surface area (Å²) in [6.45, 7) is 0. The van der Waals surface area contributed by atoms with Gasteiger partial charge in [-0.05, 0) is 50.1 Å². The van der Waals surface area contributed by atoms with Crippen LogP contribution in [0.5, 0.6) is 0 Å². The van der Waals surface area contributed by atoms with E-state index in [4.69, 9.17) is 4.42 Å². The summed E-state index contributed by atoms with van der Waals surface area (Å²) < 4.78 is 6.36. The van der Waals surface area contributed by atoms with Crippen LogP contribution in [0.25, 0.3) is 0 Å². The maximum absolute atomic E-state index is 11.9. The van der Waals surface area contributed by atoms with Crippen molar-refractivity contribution in [3.63, 3.8) is 0 Å². The number of hydrogen-bond donors (Lipinski definition) is 0. The van der Waals surface area contributed by atoms with E-state index in [9.17, 15) is 4.79 Å². The second kappa shape index (κ2) is 4.28. The number of rotatable bonds is 2. The van der Waals surface area contributed by atoms with Gasteiger partial charge in [-0.15, -0.1) is 0 Å². The average molecular weight is 331 g/mol. The van der Waals surface area contributed by atoms with E-state index in [0.717, 1.165) is 0 Å². The summed E-state index contributed by atoms with van der Waals surface area (Å²) in [5, 5.41) is 0. The molecule has 0 N–H and O–H groups in total. The van der Waals surface area contributed by atoms with E-state index in [2.05, 4.69) is 36.8 Å². The zero-order valence-corrected chi connectivity index (χ0v) is 10.6. The Bertz CT molecular complexity index is 508. The summed E-state index contributed by atoms with van der Waals surface area (Å²) in [6.07, 6.45) is 3.02. The number of furan rings is 1. The van der Waals surface area contributed by atoms with Crippen LogP contribution in [0.15, 0.2) is 44.0 Å². The van der Waals surface area contributed by atoms with E-state index in [1.807, 2.05) is 0 Å². The van der Waals surface area contributed by atoms with E-state index in [1.165, 1.54) is 6.26 Å². The molecule has 0 aliphatic heterocycles. The third-order valence-corrected chi connectivity index (χ3v) is 3.06. The zero-order valence-electron chi connectivity index (χ0n) is 7.41. The van der Waals surface area contributed by atoms with Crippen molar-refractivity contribution in [2.45, 2.75) is 0 Å². The second-order valence-corrected chi connectivity index (χ2v) is 4.47. The average Bonchev–Trinajstić information content (AvgIpc) is 2.64. The standard InChI is InChI=1S/C10H5Br2NO2/c11-6-2-1-4-13-8(6)9(14)10-7(12)3-5-15-10/h1-5H. The monoisotopic (exact) mass is 329 g/mol. The Morgan fingerprint density at radius 1 is 1.27 bits per heavy atom. The Balaban J connectivity index is 2.46. The van der Waals surface area contributed by atoms with Crippen LogP contribution < -0.4 is 0 Å². The molecule has 2 rings (SSSR count). The van der Waals surface area contributed by atoms with Gasteiger partial charge in [-0.2, -0.15) is 0 Å². The first kappa shape index (κ1) is 10.6. The Morgan fingerprint density at radius 2 is 2.07 bits per heavy atom. The van der Waals surface area contributed by atoms with Crippen LogP contribution in [-0.4, -0.2) is 10.8 Å². The molecule has 0 saturated heterocycles. The van der Waals surface area contributed by atoms with E-state index < -0.39 is 0 Å². The fraction of sp³-hybridized carbons (Fsp3) is 0. The molecule has 0 aliphatic rings. The normalized spacial score (nSPS) is 10.3. The molecule has 2 aromatic rings. The molecule has 0 saturated carbocycles. The number of pyridine rings is 1. The molecule has 0 unspecified atom stereocenters. The molecule has 5 heteroatoms. The van der Waals surface area contributed by atoms with Crippen molar-refractivity contribution < 1.29 is 9.21 Å². The Kier molecular flexibility index (Phi) is 3.02. The summed E-state index contributed by atoms with van der Waals surface area (Å²) in [7, 11) is 0. The van der Waals surface area contributed by atoms with Gasteiger partial charge in [0.2, 0.25) is 5.78 Å². The summed E-state index contributed by atoms with van der Waals surface area (Å²) in [6, 6.07) is 5.18. The highest BCUT2D eigenvalue weighted by Crippen LogP contribution is 2.23. The molecular formula is C10H5Br2NO2. The molecule has 0 aliphatic carbocycles. The van der Waals surface area contributed by atoms with Gasteiger partial charge in [0, 0.05) is 10.7 Å². The fourth-order valence-electron chi connectivity index (χ4n) is 1.12. The number of nitrogens with zero attached hydrogens (tertiary/aromatic N) is 1. The molecule has 0 amide bonds. The maximum atomic E-state index is 11.9. The lowest BCUT2D eigenvalue weighted by Gasteiger charge is -1.99. The number of carbonyl (C=O) groups is 1. The number of aromatic nitrogens is 1. The molecule has 0 bridgehead atoms. The molecule has 0 atom stereocenters. The van der Waals surface area contributed by atoms with Gasteiger partial charge in [-0.25, -0.2) is 0 Å². The predicted molar refractivity (Wildman–Crippen MR) is 61.8 cm³/mol. The third kappa shape index (κ3) is 2.03. The minimum Gasteiger partial charge on any atom is -0.460 e. The van der Waals surface area contributed by atoms with Crippen LogP contribution in [-0.2, 0) is 0 Å². The number of carbonyl (C=O) groups excluding carboxylic acids is 1. The minimum absolute atomic E-state index is 0.251. The molecule has 2 heterocycles. The summed E-state index contributed by atoms with van der Waals surface area (Å²) in [5.41, 5.74) is 0.341. The van der Waals surface area contributed by atoms with Crippen LogP contribution in [0.4, 0.5) is 0 Å². The smallest absolute Gasteiger partial charge is 0.248 e. The van der Waals surface area contributed by atoms with Gasteiger partial charge in [-0.1, -0.05) is 0 Å². The first-order valence-corrected chi connectivity index (χ1v) is 5.67. The second-order valence-electron chi connectivity index (χ2n) is 2.76. The lowest BCUT2D eigenvalue weighted by molar-refractivity contribution is 0.100. The predicted octanol–water partition coefficient (Wildman–Crippen LogP) is 3.43. The first-order valence-electron chi connectivity index (χ1n) is 4.08. The Morgan fingerprint density at radius 3 is 2.67 bits per heavy atom. The van der Waals surface area contributed by atoms with Crippen molar-refractivity contribution in [1.82, 2.24) is 4.98 Å². The molecule has 0 aromatic carbocycles. The van der Waals surface area contributed by atoms with Crippen LogP contribution in [0.2, 0.25) is 0 Å². The number of hydrogen-bond acceptors (Lipinski definition) is 3. The van der Waals surface area contributed by atoms with Crippen molar-refractivity contribution in [2.24, 2.45) is 0 Å². The highest BCUT2D eigenvalue weighted by atomic mass is 79.9. The molecule has 3 nitrogen and oxygen atoms in total. The van der Waals surface area contributed by atoms with Gasteiger partial charge in [-0.3, -0.25) is 9.78 Å². The highest BCUT2D eigenvalue weighted by molar-refractivity contribution is 9.10. The Labute approximate surface area is 103 Å². The molecule has 0 fully saturated rings. The van der Waals surface area contributed by atoms with E-state index in [-0.39, 0.29) is 11.5 Å². The highest BCUT2D eigenvalue weighted by Gasteiger charge is 2.19. The maximum Gasteiger partial charge on any atom is 0.248 e. The van der Waals surface area contributed by atoms with E-state index in [0.29, 0.717) is 14.6 Å². The fourth-order valence-corrected chi connectivity index (χ4v) is 1.93. The van der Waals surface area contributed by atoms with Gasteiger partial charge in [0.1, 0.15) is 5.69 Å². The van der Waals surface area contributed by atoms with Crippen molar-refractivity contribution in [2.75, 3.05) is 0 Å². The van der Waals surface area contributed by atoms with Crippen molar-refractivity contribution >= 4 is 37.6 Å². The van der Waals surface area contributed by atoms with E-state index >= 15 is 0 Å². The van der Waals surface area contributed by atoms with Gasteiger partial charge in [0.05, 0.1) is 10.7 Å². The van der Waals surface area contributed by atoms with Crippen LogP contribution in [0, 0.1) is 0 Å². The summed E-state index contributed by atoms with van der Waals surface area (Å²) >= 11 is 6.50. The topological polar surface area (TPSA) is 43.1 Å². The quantitative estimate of drug-likeness (QED) is 0.792. The third-order valence-electron chi connectivity index (χ3n) is 1.80. The van der Waals surface area contributed by atoms with Crippen molar-refractivity contribution in [1.29, 1.82) is 0 Å². The molecule has 2 aromatic heterocycles. The molecule has 76 valence electrons. The summed E-state index contributed by atoms with van der Waals surface area (Å²) in [5.74, 6) is 0.00810. The number of halogens is 2. The SMILES string of the molecule is O=C(c1ncccc1Br)c1occc1Br. The van der Waals surface area contributed by atoms with Gasteiger partial charge in [0.15, 0.2) is 5.76 Å². The van der Waals surface area contributed by atoms with Gasteiger partial charge >= 0.3 is 0 Å². The van der Waals surface area contributed by atoms with E-state index in [1.54, 1.807) is 24.4 Å². The van der Waals surface area contributed by atoms with Crippen LogP contribution in [0.3, 0.4) is 0 Å². The summed E-state index contributed by atoms with van der Waals surface area (Å²) in [4.78, 5) is 15.9. The molecule has 15 heavy (non-hydrogen) atoms. The number of ketones is 1. The van der Waals surface area contributed by atoms with Gasteiger partial charge in [0.25, 0.3) is 0 Å². The zero-order chi connectivity index (χ0) is 10.8. The Hall–Kier alpha value is -0.940. The lowest BCUT2D eigenvalue weighted by Crippen LogP contribution is -2.04. The molecular weight excluding hydrogens is 326 g/mol.